The van der Waals surface area contributed by atoms with Crippen LogP contribution in [0.25, 0.3) is 0 Å². The fourth-order valence-corrected chi connectivity index (χ4v) is 4.84. The lowest BCUT2D eigenvalue weighted by Gasteiger charge is -2.41. The average molecular weight is 536 g/mol. The van der Waals surface area contributed by atoms with Crippen molar-refractivity contribution in [2.75, 3.05) is 45.8 Å². The number of benzene rings is 2. The van der Waals surface area contributed by atoms with Gasteiger partial charge < -0.3 is 29.0 Å². The number of hydrogen-bond donors (Lipinski definition) is 1. The van der Waals surface area contributed by atoms with Gasteiger partial charge in [0, 0.05) is 16.9 Å². The molecule has 0 saturated carbocycles. The molecule has 202 valence electrons. The van der Waals surface area contributed by atoms with Crippen molar-refractivity contribution < 1.29 is 47.7 Å². The highest BCUT2D eigenvalue weighted by molar-refractivity contribution is 6.26. The normalized spacial score (nSPS) is 15.4. The molecule has 0 bridgehead atoms. The van der Waals surface area contributed by atoms with E-state index in [4.69, 9.17) is 23.7 Å². The molecule has 12 heteroatoms. The third kappa shape index (κ3) is 3.88. The Labute approximate surface area is 222 Å². The first-order chi connectivity index (χ1) is 18.7. The van der Waals surface area contributed by atoms with E-state index in [0.29, 0.717) is 5.75 Å². The number of nitrogens with one attached hydrogen (secondary N) is 1. The zero-order valence-electron chi connectivity index (χ0n) is 21.6. The Kier molecular flexibility index (Phi) is 7.13. The number of methoxy groups -OCH3 is 5. The molecule has 2 aliphatic rings. The molecule has 1 amide bonds. The predicted octanol–water partition coefficient (Wildman–Crippen LogP) is 1.61. The van der Waals surface area contributed by atoms with Gasteiger partial charge in [-0.2, -0.15) is 0 Å². The summed E-state index contributed by atoms with van der Waals surface area (Å²) >= 11 is 0. The molecule has 4 rings (SSSR count). The summed E-state index contributed by atoms with van der Waals surface area (Å²) in [4.78, 5) is 69.1. The molecule has 2 heterocycles. The van der Waals surface area contributed by atoms with Gasteiger partial charge in [-0.1, -0.05) is 18.2 Å². The first kappa shape index (κ1) is 26.9. The molecule has 2 aromatic rings. The van der Waals surface area contributed by atoms with Crippen LogP contribution in [-0.4, -0.2) is 65.3 Å². The van der Waals surface area contributed by atoms with Crippen LogP contribution in [0.15, 0.2) is 71.1 Å². The largest absolute Gasteiger partial charge is 0.497 e. The molecule has 39 heavy (non-hydrogen) atoms. The lowest BCUT2D eigenvalue weighted by atomic mass is 9.65. The van der Waals surface area contributed by atoms with Gasteiger partial charge in [0.15, 0.2) is 0 Å². The van der Waals surface area contributed by atoms with E-state index in [-0.39, 0.29) is 16.9 Å². The van der Waals surface area contributed by atoms with Gasteiger partial charge in [-0.3, -0.25) is 9.69 Å². The van der Waals surface area contributed by atoms with Gasteiger partial charge in [0.25, 0.3) is 0 Å². The van der Waals surface area contributed by atoms with E-state index in [1.54, 1.807) is 12.1 Å². The highest BCUT2D eigenvalue weighted by Crippen LogP contribution is 2.54. The summed E-state index contributed by atoms with van der Waals surface area (Å²) in [6.45, 7) is 0. The first-order valence-electron chi connectivity index (χ1n) is 11.4. The molecule has 1 spiro atoms. The van der Waals surface area contributed by atoms with Crippen molar-refractivity contribution in [3.63, 3.8) is 0 Å². The Morgan fingerprint density at radius 3 is 1.64 bits per heavy atom. The van der Waals surface area contributed by atoms with Gasteiger partial charge in [-0.15, -0.1) is 0 Å². The highest BCUT2D eigenvalue weighted by atomic mass is 16.5. The van der Waals surface area contributed by atoms with E-state index in [2.05, 4.69) is 5.32 Å². The van der Waals surface area contributed by atoms with Crippen molar-refractivity contribution in [2.24, 2.45) is 0 Å². The summed E-state index contributed by atoms with van der Waals surface area (Å²) in [5, 5.41) is 2.64. The number of anilines is 2. The molecular formula is C27H24N2O10. The lowest BCUT2D eigenvalue weighted by molar-refractivity contribution is -0.143. The van der Waals surface area contributed by atoms with Crippen LogP contribution >= 0.6 is 0 Å². The van der Waals surface area contributed by atoms with Crippen molar-refractivity contribution in [2.45, 2.75) is 5.41 Å². The number of nitrogens with zero attached hydrogens (tertiary/aromatic N) is 1. The number of amides is 1. The van der Waals surface area contributed by atoms with Gasteiger partial charge in [0.05, 0.1) is 46.7 Å². The molecule has 0 saturated heterocycles. The maximum atomic E-state index is 14.0. The van der Waals surface area contributed by atoms with Gasteiger partial charge in [0.1, 0.15) is 22.6 Å². The number of ether oxygens (including phenoxy) is 5. The quantitative estimate of drug-likeness (QED) is 0.424. The van der Waals surface area contributed by atoms with Crippen LogP contribution in [0.5, 0.6) is 5.75 Å². The summed E-state index contributed by atoms with van der Waals surface area (Å²) in [6, 6.07) is 12.2. The van der Waals surface area contributed by atoms with Crippen molar-refractivity contribution in [3.05, 3.63) is 76.6 Å². The Hall–Kier alpha value is -5.13. The van der Waals surface area contributed by atoms with E-state index in [1.807, 2.05) is 0 Å². The molecular weight excluding hydrogens is 512 g/mol. The topological polar surface area (TPSA) is 147 Å². The molecule has 2 aromatic carbocycles. The third-order valence-electron chi connectivity index (χ3n) is 6.46. The van der Waals surface area contributed by atoms with Crippen LogP contribution in [0.4, 0.5) is 11.4 Å². The monoisotopic (exact) mass is 536 g/mol. The number of para-hydroxylation sites is 1. The molecule has 1 N–H and O–H groups in total. The summed E-state index contributed by atoms with van der Waals surface area (Å²) < 4.78 is 25.4. The first-order valence-corrected chi connectivity index (χ1v) is 11.4. The highest BCUT2D eigenvalue weighted by Gasteiger charge is 2.64. The number of rotatable bonds is 6. The van der Waals surface area contributed by atoms with Crippen LogP contribution in [0, 0.1) is 0 Å². The fourth-order valence-electron chi connectivity index (χ4n) is 4.84. The number of hydrogen-bond acceptors (Lipinski definition) is 11. The van der Waals surface area contributed by atoms with Gasteiger partial charge in [0.2, 0.25) is 5.91 Å². The number of carbonyl (C=O) groups is 5. The zero-order chi connectivity index (χ0) is 28.5. The summed E-state index contributed by atoms with van der Waals surface area (Å²) in [5.41, 5.74) is -4.12. The molecule has 0 aliphatic carbocycles. The Balaban J connectivity index is 2.30. The smallest absolute Gasteiger partial charge is 0.355 e. The maximum Gasteiger partial charge on any atom is 0.355 e. The van der Waals surface area contributed by atoms with Crippen molar-refractivity contribution >= 4 is 41.2 Å². The predicted molar refractivity (Wildman–Crippen MR) is 134 cm³/mol. The van der Waals surface area contributed by atoms with Crippen molar-refractivity contribution in [3.8, 4) is 5.75 Å². The summed E-state index contributed by atoms with van der Waals surface area (Å²) in [7, 11) is 5.66. The van der Waals surface area contributed by atoms with Crippen molar-refractivity contribution in [1.82, 2.24) is 0 Å². The van der Waals surface area contributed by atoms with Crippen LogP contribution in [0.2, 0.25) is 0 Å². The minimum absolute atomic E-state index is 0.105. The molecule has 0 radical (unpaired) electrons. The maximum absolute atomic E-state index is 14.0. The second-order valence-electron chi connectivity index (χ2n) is 8.20. The molecule has 0 fully saturated rings. The Morgan fingerprint density at radius 1 is 0.692 bits per heavy atom. The van der Waals surface area contributed by atoms with E-state index >= 15 is 0 Å². The van der Waals surface area contributed by atoms with Gasteiger partial charge >= 0.3 is 23.9 Å². The van der Waals surface area contributed by atoms with Crippen LogP contribution in [0.3, 0.4) is 0 Å². The minimum Gasteiger partial charge on any atom is -0.497 e. The number of esters is 4. The second kappa shape index (κ2) is 10.3. The molecule has 12 nitrogen and oxygen atoms in total. The van der Waals surface area contributed by atoms with Crippen LogP contribution in [0.1, 0.15) is 5.56 Å². The SMILES string of the molecule is COC(=O)C1=C(C(=O)OC)C2(C(=O)Nc3ccccc32)C(C(=O)OC)=C(C(=O)OC)N1c1ccc(OC)cc1. The van der Waals surface area contributed by atoms with E-state index < -0.39 is 57.7 Å². The van der Waals surface area contributed by atoms with E-state index in [1.165, 1.54) is 43.5 Å². The average Bonchev–Trinajstić information content (AvgIpc) is 3.26. The van der Waals surface area contributed by atoms with E-state index in [0.717, 1.165) is 33.3 Å². The second-order valence-corrected chi connectivity index (χ2v) is 8.20. The summed E-state index contributed by atoms with van der Waals surface area (Å²) in [5.74, 6) is -4.94. The summed E-state index contributed by atoms with van der Waals surface area (Å²) in [6.07, 6.45) is 0. The zero-order valence-corrected chi connectivity index (χ0v) is 21.6. The molecule has 0 atom stereocenters. The lowest BCUT2D eigenvalue weighted by Crippen LogP contribution is -2.53. The Bertz CT molecular complexity index is 1400. The van der Waals surface area contributed by atoms with E-state index in [9.17, 15) is 24.0 Å². The third-order valence-corrected chi connectivity index (χ3v) is 6.46. The number of carbonyl (C=O) groups excluding carboxylic acids is 5. The Morgan fingerprint density at radius 2 is 1.18 bits per heavy atom. The van der Waals surface area contributed by atoms with Crippen molar-refractivity contribution in [1.29, 1.82) is 0 Å². The van der Waals surface area contributed by atoms with Crippen LogP contribution in [-0.2, 0) is 48.3 Å². The van der Waals surface area contributed by atoms with Gasteiger partial charge in [-0.25, -0.2) is 19.2 Å². The fraction of sp³-hybridized carbons (Fsp3) is 0.222. The van der Waals surface area contributed by atoms with Crippen LogP contribution < -0.4 is 15.0 Å². The number of fused-ring (bicyclic) bond motifs is 2. The molecule has 2 aliphatic heterocycles. The standard InChI is InChI=1S/C27H24N2O10/c1-35-15-12-10-14(11-13-15)29-20(24(32)38-4)18(22(30)36-2)27(16-8-6-7-9-17(16)28-26(27)34)19(23(31)37-3)21(29)25(33)39-5/h6-13H,1-5H3,(H,28,34). The minimum atomic E-state index is -2.35. The molecule has 0 aromatic heterocycles. The molecule has 0 unspecified atom stereocenters. The van der Waals surface area contributed by atoms with Gasteiger partial charge in [-0.05, 0) is 30.3 Å².